The largest absolute Gasteiger partial charge is 0.353 e. The number of amides is 1. The van der Waals surface area contributed by atoms with E-state index in [9.17, 15) is 4.79 Å². The van der Waals surface area contributed by atoms with E-state index in [2.05, 4.69) is 29.6 Å². The van der Waals surface area contributed by atoms with Crippen molar-refractivity contribution in [1.82, 2.24) is 5.32 Å². The third-order valence-corrected chi connectivity index (χ3v) is 5.98. The third kappa shape index (κ3) is 2.28. The molecule has 2 fully saturated rings. The maximum Gasteiger partial charge on any atom is 0.225 e. The maximum absolute atomic E-state index is 12.6. The molecule has 2 saturated carbocycles. The van der Waals surface area contributed by atoms with E-state index in [1.807, 2.05) is 0 Å². The molecular formula is C18H24N2O. The van der Waals surface area contributed by atoms with Gasteiger partial charge in [-0.3, -0.25) is 4.79 Å². The minimum atomic E-state index is 0.0703. The SMILES string of the molecule is NC1C2CCC(C2)C1C(=O)NC1CCc2ccccc2C1. The molecule has 3 aliphatic carbocycles. The summed E-state index contributed by atoms with van der Waals surface area (Å²) in [6, 6.07) is 8.98. The molecule has 1 amide bonds. The second kappa shape index (κ2) is 5.13. The summed E-state index contributed by atoms with van der Waals surface area (Å²) in [7, 11) is 0. The van der Waals surface area contributed by atoms with Gasteiger partial charge in [0, 0.05) is 12.1 Å². The molecule has 1 aromatic carbocycles. The molecule has 112 valence electrons. The van der Waals surface area contributed by atoms with Crippen LogP contribution in [0, 0.1) is 17.8 Å². The summed E-state index contributed by atoms with van der Waals surface area (Å²) in [5, 5.41) is 3.30. The van der Waals surface area contributed by atoms with E-state index in [1.54, 1.807) is 0 Å². The standard InChI is InChI=1S/C18H24N2O/c19-17-14-6-5-13(9-14)16(17)18(21)20-15-8-7-11-3-1-2-4-12(11)10-15/h1-4,13-17H,5-10,19H2,(H,20,21). The summed E-state index contributed by atoms with van der Waals surface area (Å²) in [5.74, 6) is 1.43. The summed E-state index contributed by atoms with van der Waals surface area (Å²) >= 11 is 0. The van der Waals surface area contributed by atoms with Crippen molar-refractivity contribution in [3.05, 3.63) is 35.4 Å². The molecule has 0 saturated heterocycles. The van der Waals surface area contributed by atoms with Gasteiger partial charge in [0.15, 0.2) is 0 Å². The molecule has 21 heavy (non-hydrogen) atoms. The summed E-state index contributed by atoms with van der Waals surface area (Å²) < 4.78 is 0. The Hall–Kier alpha value is -1.35. The van der Waals surface area contributed by atoms with E-state index < -0.39 is 0 Å². The van der Waals surface area contributed by atoms with Gasteiger partial charge in [0.05, 0.1) is 5.92 Å². The third-order valence-electron chi connectivity index (χ3n) is 5.98. The normalized spacial score (nSPS) is 37.3. The first-order valence-electron chi connectivity index (χ1n) is 8.35. The van der Waals surface area contributed by atoms with Crippen LogP contribution in [0.3, 0.4) is 0 Å². The van der Waals surface area contributed by atoms with Crippen LogP contribution >= 0.6 is 0 Å². The van der Waals surface area contributed by atoms with E-state index in [0.717, 1.165) is 19.3 Å². The van der Waals surface area contributed by atoms with Crippen LogP contribution in [0.15, 0.2) is 24.3 Å². The number of aryl methyl sites for hydroxylation is 1. The summed E-state index contributed by atoms with van der Waals surface area (Å²) in [4.78, 5) is 12.6. The highest BCUT2D eigenvalue weighted by Gasteiger charge is 2.49. The molecule has 5 unspecified atom stereocenters. The monoisotopic (exact) mass is 284 g/mol. The van der Waals surface area contributed by atoms with Crippen LogP contribution in [0.2, 0.25) is 0 Å². The van der Waals surface area contributed by atoms with Crippen LogP contribution in [0.25, 0.3) is 0 Å². The van der Waals surface area contributed by atoms with Crippen LogP contribution in [0.1, 0.15) is 36.8 Å². The van der Waals surface area contributed by atoms with Crippen molar-refractivity contribution in [2.75, 3.05) is 0 Å². The topological polar surface area (TPSA) is 55.1 Å². The van der Waals surface area contributed by atoms with E-state index in [4.69, 9.17) is 5.73 Å². The fourth-order valence-corrected chi connectivity index (χ4v) is 4.84. The first-order chi connectivity index (χ1) is 10.2. The van der Waals surface area contributed by atoms with E-state index in [0.29, 0.717) is 17.9 Å². The van der Waals surface area contributed by atoms with Crippen molar-refractivity contribution in [3.63, 3.8) is 0 Å². The van der Waals surface area contributed by atoms with Crippen molar-refractivity contribution < 1.29 is 4.79 Å². The van der Waals surface area contributed by atoms with Crippen molar-refractivity contribution in [1.29, 1.82) is 0 Å². The van der Waals surface area contributed by atoms with Crippen LogP contribution in [-0.2, 0) is 17.6 Å². The number of fused-ring (bicyclic) bond motifs is 3. The minimum Gasteiger partial charge on any atom is -0.353 e. The van der Waals surface area contributed by atoms with Gasteiger partial charge in [-0.25, -0.2) is 0 Å². The number of rotatable bonds is 2. The summed E-state index contributed by atoms with van der Waals surface area (Å²) in [6.45, 7) is 0. The molecule has 1 aromatic rings. The molecular weight excluding hydrogens is 260 g/mol. The van der Waals surface area contributed by atoms with Gasteiger partial charge >= 0.3 is 0 Å². The lowest BCUT2D eigenvalue weighted by atomic mass is 9.83. The summed E-state index contributed by atoms with van der Waals surface area (Å²) in [5.41, 5.74) is 9.12. The van der Waals surface area contributed by atoms with Gasteiger partial charge in [0.25, 0.3) is 0 Å². The predicted octanol–water partition coefficient (Wildman–Crippen LogP) is 2.03. The first-order valence-corrected chi connectivity index (χ1v) is 8.35. The average molecular weight is 284 g/mol. The Morgan fingerprint density at radius 1 is 1.10 bits per heavy atom. The molecule has 0 aliphatic heterocycles. The van der Waals surface area contributed by atoms with E-state index >= 15 is 0 Å². The molecule has 5 atom stereocenters. The van der Waals surface area contributed by atoms with Gasteiger partial charge in [-0.15, -0.1) is 0 Å². The van der Waals surface area contributed by atoms with Gasteiger partial charge < -0.3 is 11.1 Å². The van der Waals surface area contributed by atoms with Crippen molar-refractivity contribution in [3.8, 4) is 0 Å². The highest BCUT2D eigenvalue weighted by atomic mass is 16.2. The lowest BCUT2D eigenvalue weighted by Crippen LogP contribution is -2.49. The number of nitrogens with two attached hydrogens (primary N) is 1. The number of hydrogen-bond donors (Lipinski definition) is 2. The lowest BCUT2D eigenvalue weighted by molar-refractivity contribution is -0.127. The fourth-order valence-electron chi connectivity index (χ4n) is 4.84. The maximum atomic E-state index is 12.6. The number of hydrogen-bond acceptors (Lipinski definition) is 2. The Morgan fingerprint density at radius 3 is 2.62 bits per heavy atom. The minimum absolute atomic E-state index is 0.0703. The van der Waals surface area contributed by atoms with Gasteiger partial charge in [-0.1, -0.05) is 24.3 Å². The van der Waals surface area contributed by atoms with Crippen molar-refractivity contribution in [2.24, 2.45) is 23.5 Å². The molecule has 3 nitrogen and oxygen atoms in total. The molecule has 3 heteroatoms. The van der Waals surface area contributed by atoms with Gasteiger partial charge in [0.1, 0.15) is 0 Å². The second-order valence-corrected chi connectivity index (χ2v) is 7.15. The zero-order chi connectivity index (χ0) is 14.4. The second-order valence-electron chi connectivity index (χ2n) is 7.15. The number of carbonyl (C=O) groups is 1. The van der Waals surface area contributed by atoms with E-state index in [1.165, 1.54) is 30.4 Å². The smallest absolute Gasteiger partial charge is 0.225 e. The molecule has 0 radical (unpaired) electrons. The Labute approximate surface area is 126 Å². The van der Waals surface area contributed by atoms with Gasteiger partial charge in [-0.2, -0.15) is 0 Å². The quantitative estimate of drug-likeness (QED) is 0.873. The molecule has 2 bridgehead atoms. The molecule has 3 aliphatic rings. The molecule has 4 rings (SSSR count). The Bertz CT molecular complexity index is 554. The van der Waals surface area contributed by atoms with Crippen LogP contribution in [0.4, 0.5) is 0 Å². The summed E-state index contributed by atoms with van der Waals surface area (Å²) in [6.07, 6.45) is 6.70. The van der Waals surface area contributed by atoms with Gasteiger partial charge in [-0.05, 0) is 61.5 Å². The fraction of sp³-hybridized carbons (Fsp3) is 0.611. The van der Waals surface area contributed by atoms with E-state index in [-0.39, 0.29) is 17.9 Å². The number of benzene rings is 1. The highest BCUT2D eigenvalue weighted by Crippen LogP contribution is 2.47. The molecule has 0 heterocycles. The molecule has 0 aromatic heterocycles. The predicted molar refractivity (Wildman–Crippen MR) is 82.7 cm³/mol. The average Bonchev–Trinajstić information content (AvgIpc) is 3.08. The van der Waals surface area contributed by atoms with Crippen LogP contribution < -0.4 is 11.1 Å². The Morgan fingerprint density at radius 2 is 1.86 bits per heavy atom. The van der Waals surface area contributed by atoms with Gasteiger partial charge in [0.2, 0.25) is 5.91 Å². The Balaban J connectivity index is 1.42. The zero-order valence-corrected chi connectivity index (χ0v) is 12.4. The molecule has 0 spiro atoms. The lowest BCUT2D eigenvalue weighted by Gasteiger charge is -2.31. The van der Waals surface area contributed by atoms with Crippen LogP contribution in [-0.4, -0.2) is 18.0 Å². The van der Waals surface area contributed by atoms with Crippen molar-refractivity contribution >= 4 is 5.91 Å². The molecule has 3 N–H and O–H groups in total. The van der Waals surface area contributed by atoms with Crippen molar-refractivity contribution in [2.45, 2.75) is 50.6 Å². The first kappa shape index (κ1) is 13.3. The Kier molecular flexibility index (Phi) is 3.26. The number of nitrogens with one attached hydrogen (secondary N) is 1. The van der Waals surface area contributed by atoms with Crippen LogP contribution in [0.5, 0.6) is 0 Å². The highest BCUT2D eigenvalue weighted by molar-refractivity contribution is 5.80. The zero-order valence-electron chi connectivity index (χ0n) is 12.4. The number of carbonyl (C=O) groups excluding carboxylic acids is 1.